The number of ether oxygens (including phenoxy) is 1. The van der Waals surface area contributed by atoms with E-state index in [0.717, 1.165) is 61.0 Å². The second-order valence-electron chi connectivity index (χ2n) is 8.61. The van der Waals surface area contributed by atoms with Gasteiger partial charge < -0.3 is 14.2 Å². The largest absolute Gasteiger partial charge is 0.462 e. The van der Waals surface area contributed by atoms with Crippen molar-refractivity contribution >= 4 is 33.7 Å². The van der Waals surface area contributed by atoms with Crippen LogP contribution < -0.4 is 0 Å². The molecule has 0 unspecified atom stereocenters. The monoisotopic (exact) mass is 450 g/mol. The zero-order valence-electron chi connectivity index (χ0n) is 20.1. The van der Waals surface area contributed by atoms with Crippen LogP contribution in [-0.4, -0.2) is 77.7 Å². The van der Waals surface area contributed by atoms with Crippen LogP contribution in [0, 0.1) is 0 Å². The highest BCUT2D eigenvalue weighted by Gasteiger charge is 2.26. The molecule has 1 aliphatic rings. The number of esters is 1. The predicted molar refractivity (Wildman–Crippen MR) is 131 cm³/mol. The van der Waals surface area contributed by atoms with E-state index < -0.39 is 0 Å². The maximum atomic E-state index is 13.6. The van der Waals surface area contributed by atoms with Crippen molar-refractivity contribution in [1.29, 1.82) is 0 Å². The lowest BCUT2D eigenvalue weighted by atomic mass is 10.1. The number of piperazine rings is 1. The third-order valence-electron chi connectivity index (χ3n) is 6.43. The number of hydrogen-bond acceptors (Lipinski definition) is 5. The van der Waals surface area contributed by atoms with Gasteiger partial charge in [-0.2, -0.15) is 0 Å². The molecule has 1 saturated heterocycles. The molecule has 3 aromatic rings. The minimum Gasteiger partial charge on any atom is -0.462 e. The summed E-state index contributed by atoms with van der Waals surface area (Å²) in [6.07, 6.45) is 0.901. The van der Waals surface area contributed by atoms with E-state index in [4.69, 9.17) is 4.74 Å². The molecule has 0 N–H and O–H groups in total. The number of rotatable bonds is 7. The van der Waals surface area contributed by atoms with Crippen LogP contribution in [0.2, 0.25) is 0 Å². The molecule has 7 nitrogen and oxygen atoms in total. The minimum atomic E-state index is -0.326. The number of fused-ring (bicyclic) bond motifs is 3. The van der Waals surface area contributed by atoms with Gasteiger partial charge in [-0.25, -0.2) is 9.80 Å². The number of hydrazine groups is 1. The molecule has 2 aromatic carbocycles. The Balaban J connectivity index is 1.76. The van der Waals surface area contributed by atoms with Gasteiger partial charge in [0.2, 0.25) is 0 Å². The van der Waals surface area contributed by atoms with Crippen molar-refractivity contribution in [2.45, 2.75) is 33.7 Å². The van der Waals surface area contributed by atoms with E-state index in [2.05, 4.69) is 35.4 Å². The summed E-state index contributed by atoms with van der Waals surface area (Å²) in [5.41, 5.74) is 3.31. The molecule has 0 aliphatic carbocycles. The SMILES string of the molecule is CCCN(C(=O)c1ccc2c(c1)c1cc(C(=O)OCC)ccc1n2CC)N1CCN(C)CC1. The van der Waals surface area contributed by atoms with Crippen molar-refractivity contribution in [2.24, 2.45) is 0 Å². The molecule has 0 atom stereocenters. The average molecular weight is 451 g/mol. The van der Waals surface area contributed by atoms with Crippen molar-refractivity contribution in [2.75, 3.05) is 46.4 Å². The number of amides is 1. The quantitative estimate of drug-likeness (QED) is 0.509. The lowest BCUT2D eigenvalue weighted by Crippen LogP contribution is -2.55. The van der Waals surface area contributed by atoms with Gasteiger partial charge in [0.1, 0.15) is 0 Å². The van der Waals surface area contributed by atoms with Crippen LogP contribution in [0.3, 0.4) is 0 Å². The first kappa shape index (κ1) is 23.3. The molecule has 0 radical (unpaired) electrons. The number of carbonyl (C=O) groups is 2. The molecule has 0 spiro atoms. The summed E-state index contributed by atoms with van der Waals surface area (Å²) in [4.78, 5) is 28.2. The first-order valence-electron chi connectivity index (χ1n) is 12.0. The van der Waals surface area contributed by atoms with Gasteiger partial charge >= 0.3 is 5.97 Å². The molecule has 1 aliphatic heterocycles. The Morgan fingerprint density at radius 3 is 2.09 bits per heavy atom. The van der Waals surface area contributed by atoms with Crippen LogP contribution in [0.15, 0.2) is 36.4 Å². The van der Waals surface area contributed by atoms with Gasteiger partial charge in [-0.3, -0.25) is 9.80 Å². The molecule has 7 heteroatoms. The highest BCUT2D eigenvalue weighted by atomic mass is 16.5. The summed E-state index contributed by atoms with van der Waals surface area (Å²) in [7, 11) is 2.12. The van der Waals surface area contributed by atoms with E-state index in [1.54, 1.807) is 6.92 Å². The van der Waals surface area contributed by atoms with Gasteiger partial charge in [-0.05, 0) is 63.7 Å². The molecule has 4 rings (SSSR count). The number of carbonyl (C=O) groups excluding carboxylic acids is 2. The van der Waals surface area contributed by atoms with Crippen LogP contribution in [0.25, 0.3) is 21.8 Å². The molecule has 2 heterocycles. The summed E-state index contributed by atoms with van der Waals surface area (Å²) in [5, 5.41) is 6.05. The van der Waals surface area contributed by atoms with Crippen molar-refractivity contribution in [1.82, 2.24) is 19.5 Å². The number of likely N-dealkylation sites (N-methyl/N-ethyl adjacent to an activating group) is 1. The third-order valence-corrected chi connectivity index (χ3v) is 6.43. The molecule has 176 valence electrons. The van der Waals surface area contributed by atoms with E-state index in [0.29, 0.717) is 24.3 Å². The fourth-order valence-electron chi connectivity index (χ4n) is 4.69. The topological polar surface area (TPSA) is 58.0 Å². The minimum absolute atomic E-state index is 0.0299. The van der Waals surface area contributed by atoms with E-state index in [9.17, 15) is 9.59 Å². The van der Waals surface area contributed by atoms with Crippen LogP contribution in [0.5, 0.6) is 0 Å². The Hall–Kier alpha value is -2.90. The van der Waals surface area contributed by atoms with Crippen molar-refractivity contribution in [3.05, 3.63) is 47.5 Å². The molecule has 1 aromatic heterocycles. The number of benzene rings is 2. The number of aryl methyl sites for hydroxylation is 1. The standard InChI is InChI=1S/C26H34N4O3/c1-5-12-30(28-15-13-27(4)14-16-28)25(31)19-8-10-23-21(17-19)22-18-20(26(32)33-7-3)9-11-24(22)29(23)6-2/h8-11,17-18H,5-7,12-16H2,1-4H3. The first-order valence-corrected chi connectivity index (χ1v) is 12.0. The van der Waals surface area contributed by atoms with E-state index in [1.807, 2.05) is 41.4 Å². The number of hydrogen-bond donors (Lipinski definition) is 0. The molecule has 1 amide bonds. The summed E-state index contributed by atoms with van der Waals surface area (Å²) in [5.74, 6) is -0.296. The van der Waals surface area contributed by atoms with Gasteiger partial charge in [0.25, 0.3) is 5.91 Å². The van der Waals surface area contributed by atoms with Crippen molar-refractivity contribution in [3.8, 4) is 0 Å². The van der Waals surface area contributed by atoms with Crippen LogP contribution in [-0.2, 0) is 11.3 Å². The van der Waals surface area contributed by atoms with Crippen LogP contribution in [0.1, 0.15) is 47.9 Å². The Kier molecular flexibility index (Phi) is 7.00. The van der Waals surface area contributed by atoms with Gasteiger partial charge in [0.05, 0.1) is 12.2 Å². The molecule has 0 saturated carbocycles. The molecular formula is C26H34N4O3. The normalized spacial score (nSPS) is 15.3. The second kappa shape index (κ2) is 9.93. The highest BCUT2D eigenvalue weighted by Crippen LogP contribution is 2.31. The predicted octanol–water partition coefficient (Wildman–Crippen LogP) is 4.01. The first-order chi connectivity index (χ1) is 16.0. The average Bonchev–Trinajstić information content (AvgIpc) is 3.15. The maximum Gasteiger partial charge on any atom is 0.338 e. The zero-order chi connectivity index (χ0) is 23.5. The van der Waals surface area contributed by atoms with Gasteiger partial charge in [-0.15, -0.1) is 0 Å². The third kappa shape index (κ3) is 4.48. The van der Waals surface area contributed by atoms with E-state index in [-0.39, 0.29) is 11.9 Å². The summed E-state index contributed by atoms with van der Waals surface area (Å²) < 4.78 is 7.42. The molecule has 0 bridgehead atoms. The summed E-state index contributed by atoms with van der Waals surface area (Å²) in [6, 6.07) is 11.6. The molecule has 1 fully saturated rings. The van der Waals surface area contributed by atoms with Crippen LogP contribution >= 0.6 is 0 Å². The van der Waals surface area contributed by atoms with Crippen LogP contribution in [0.4, 0.5) is 0 Å². The van der Waals surface area contributed by atoms with Crippen molar-refractivity contribution < 1.29 is 14.3 Å². The maximum absolute atomic E-state index is 13.6. The lowest BCUT2D eigenvalue weighted by molar-refractivity contribution is -0.0337. The Labute approximate surface area is 195 Å². The Morgan fingerprint density at radius 1 is 0.909 bits per heavy atom. The Bertz CT molecular complexity index is 1160. The fraction of sp³-hybridized carbons (Fsp3) is 0.462. The lowest BCUT2D eigenvalue weighted by Gasteiger charge is -2.40. The summed E-state index contributed by atoms with van der Waals surface area (Å²) >= 11 is 0. The fourth-order valence-corrected chi connectivity index (χ4v) is 4.69. The summed E-state index contributed by atoms with van der Waals surface area (Å²) in [6.45, 7) is 11.5. The smallest absolute Gasteiger partial charge is 0.338 e. The van der Waals surface area contributed by atoms with E-state index in [1.165, 1.54) is 0 Å². The Morgan fingerprint density at radius 2 is 1.52 bits per heavy atom. The molecular weight excluding hydrogens is 416 g/mol. The van der Waals surface area contributed by atoms with Gasteiger partial charge in [-0.1, -0.05) is 6.92 Å². The van der Waals surface area contributed by atoms with Gasteiger partial charge in [0, 0.05) is 66.6 Å². The number of nitrogens with zero attached hydrogens (tertiary/aromatic N) is 4. The number of aromatic nitrogens is 1. The highest BCUT2D eigenvalue weighted by molar-refractivity contribution is 6.12. The van der Waals surface area contributed by atoms with Gasteiger partial charge in [0.15, 0.2) is 0 Å². The second-order valence-corrected chi connectivity index (χ2v) is 8.61. The van der Waals surface area contributed by atoms with Crippen molar-refractivity contribution in [3.63, 3.8) is 0 Å². The zero-order valence-corrected chi connectivity index (χ0v) is 20.1. The van der Waals surface area contributed by atoms with E-state index >= 15 is 0 Å². The molecule has 33 heavy (non-hydrogen) atoms.